The van der Waals surface area contributed by atoms with Gasteiger partial charge in [-0.25, -0.2) is 4.79 Å². The summed E-state index contributed by atoms with van der Waals surface area (Å²) in [7, 11) is 1.67. The van der Waals surface area contributed by atoms with E-state index in [1.54, 1.807) is 7.11 Å². The number of nitrogens with one attached hydrogen (secondary N) is 1. The van der Waals surface area contributed by atoms with Crippen molar-refractivity contribution < 1.29 is 9.53 Å². The highest BCUT2D eigenvalue weighted by Crippen LogP contribution is 2.33. The number of nitrogens with zero attached hydrogens (tertiary/aromatic N) is 2. The number of methoxy groups -OCH3 is 1. The molecule has 1 N–H and O–H groups in total. The molecule has 1 aliphatic carbocycles. The minimum absolute atomic E-state index is 0.0396. The smallest absolute Gasteiger partial charge is 0.318 e. The average Bonchev–Trinajstić information content (AvgIpc) is 3.60. The second kappa shape index (κ2) is 8.65. The van der Waals surface area contributed by atoms with Crippen LogP contribution in [0.1, 0.15) is 30.0 Å². The molecule has 1 saturated carbocycles. The molecular weight excluding hydrogens is 350 g/mol. The van der Waals surface area contributed by atoms with Crippen LogP contribution in [0.3, 0.4) is 0 Å². The first-order valence-corrected chi connectivity index (χ1v) is 10.2. The SMILES string of the molecule is COc1ccc(CCNC(=O)N2CCN(C3CC3)CC2c2ccccc2)cc1. The summed E-state index contributed by atoms with van der Waals surface area (Å²) in [4.78, 5) is 17.5. The van der Waals surface area contributed by atoms with Gasteiger partial charge in [-0.15, -0.1) is 0 Å². The number of hydrogen-bond acceptors (Lipinski definition) is 3. The van der Waals surface area contributed by atoms with E-state index in [1.165, 1.54) is 24.0 Å². The molecule has 1 aliphatic heterocycles. The number of benzene rings is 2. The quantitative estimate of drug-likeness (QED) is 0.836. The summed E-state index contributed by atoms with van der Waals surface area (Å²) in [6, 6.07) is 19.3. The predicted octanol–water partition coefficient (Wildman–Crippen LogP) is 3.47. The van der Waals surface area contributed by atoms with Gasteiger partial charge in [-0.1, -0.05) is 42.5 Å². The molecule has 5 nitrogen and oxygen atoms in total. The maximum absolute atomic E-state index is 12.9. The van der Waals surface area contributed by atoms with Crippen molar-refractivity contribution >= 4 is 6.03 Å². The molecule has 2 fully saturated rings. The van der Waals surface area contributed by atoms with Crippen LogP contribution in [-0.4, -0.2) is 55.2 Å². The largest absolute Gasteiger partial charge is 0.497 e. The molecule has 0 spiro atoms. The third-order valence-corrected chi connectivity index (χ3v) is 5.77. The molecule has 0 aromatic heterocycles. The Morgan fingerprint density at radius 2 is 1.82 bits per heavy atom. The van der Waals surface area contributed by atoms with Gasteiger partial charge >= 0.3 is 6.03 Å². The van der Waals surface area contributed by atoms with Gasteiger partial charge in [0.25, 0.3) is 0 Å². The van der Waals surface area contributed by atoms with Crippen LogP contribution in [-0.2, 0) is 6.42 Å². The van der Waals surface area contributed by atoms with E-state index in [0.717, 1.165) is 37.8 Å². The Morgan fingerprint density at radius 3 is 2.50 bits per heavy atom. The maximum atomic E-state index is 12.9. The number of rotatable bonds is 6. The molecule has 2 aliphatic rings. The Kier molecular flexibility index (Phi) is 5.81. The van der Waals surface area contributed by atoms with E-state index in [4.69, 9.17) is 4.74 Å². The molecule has 2 amide bonds. The van der Waals surface area contributed by atoms with Gasteiger partial charge in [-0.05, 0) is 42.5 Å². The van der Waals surface area contributed by atoms with E-state index in [-0.39, 0.29) is 12.1 Å². The summed E-state index contributed by atoms with van der Waals surface area (Å²) in [6.07, 6.45) is 3.42. The molecule has 4 rings (SSSR count). The number of piperazine rings is 1. The summed E-state index contributed by atoms with van der Waals surface area (Å²) in [6.45, 7) is 3.32. The Labute approximate surface area is 167 Å². The molecule has 1 unspecified atom stereocenters. The summed E-state index contributed by atoms with van der Waals surface area (Å²) >= 11 is 0. The van der Waals surface area contributed by atoms with Crippen molar-refractivity contribution in [1.29, 1.82) is 0 Å². The maximum Gasteiger partial charge on any atom is 0.318 e. The van der Waals surface area contributed by atoms with Gasteiger partial charge in [0.15, 0.2) is 0 Å². The Morgan fingerprint density at radius 1 is 1.07 bits per heavy atom. The average molecular weight is 380 g/mol. The Balaban J connectivity index is 1.36. The van der Waals surface area contributed by atoms with Crippen molar-refractivity contribution in [2.45, 2.75) is 31.3 Å². The summed E-state index contributed by atoms with van der Waals surface area (Å²) in [5.74, 6) is 0.854. The number of hydrogen-bond donors (Lipinski definition) is 1. The molecule has 28 heavy (non-hydrogen) atoms. The Bertz CT molecular complexity index is 774. The van der Waals surface area contributed by atoms with Crippen LogP contribution < -0.4 is 10.1 Å². The van der Waals surface area contributed by atoms with Crippen molar-refractivity contribution in [1.82, 2.24) is 15.1 Å². The van der Waals surface area contributed by atoms with Gasteiger partial charge in [0.2, 0.25) is 0 Å². The summed E-state index contributed by atoms with van der Waals surface area (Å²) < 4.78 is 5.19. The van der Waals surface area contributed by atoms with Crippen molar-refractivity contribution in [3.63, 3.8) is 0 Å². The minimum Gasteiger partial charge on any atom is -0.497 e. The highest BCUT2D eigenvalue weighted by atomic mass is 16.5. The fraction of sp³-hybridized carbons (Fsp3) is 0.435. The summed E-state index contributed by atoms with van der Waals surface area (Å²) in [5.41, 5.74) is 2.41. The molecule has 0 radical (unpaired) electrons. The molecule has 1 heterocycles. The lowest BCUT2D eigenvalue weighted by atomic mass is 10.0. The van der Waals surface area contributed by atoms with Gasteiger partial charge in [0.1, 0.15) is 5.75 Å². The third kappa shape index (κ3) is 4.47. The van der Waals surface area contributed by atoms with Crippen LogP contribution in [0, 0.1) is 0 Å². The van der Waals surface area contributed by atoms with Crippen LogP contribution >= 0.6 is 0 Å². The van der Waals surface area contributed by atoms with E-state index in [0.29, 0.717) is 6.54 Å². The zero-order chi connectivity index (χ0) is 19.3. The molecule has 0 bridgehead atoms. The molecule has 5 heteroatoms. The highest BCUT2D eigenvalue weighted by Gasteiger charge is 2.37. The first kappa shape index (κ1) is 18.8. The standard InChI is InChI=1S/C23H29N3O2/c1-28-21-11-7-18(8-12-21)13-14-24-23(27)26-16-15-25(20-9-10-20)17-22(26)19-5-3-2-4-6-19/h2-8,11-12,20,22H,9-10,13-17H2,1H3,(H,24,27). The van der Waals surface area contributed by atoms with E-state index >= 15 is 0 Å². The van der Waals surface area contributed by atoms with Crippen molar-refractivity contribution in [2.75, 3.05) is 33.3 Å². The normalized spacial score (nSPS) is 20.0. The topological polar surface area (TPSA) is 44.8 Å². The third-order valence-electron chi connectivity index (χ3n) is 5.77. The van der Waals surface area contributed by atoms with Crippen LogP contribution in [0.5, 0.6) is 5.75 Å². The molecular formula is C23H29N3O2. The first-order chi connectivity index (χ1) is 13.7. The van der Waals surface area contributed by atoms with Crippen molar-refractivity contribution in [3.05, 3.63) is 65.7 Å². The van der Waals surface area contributed by atoms with Crippen molar-refractivity contribution in [2.24, 2.45) is 0 Å². The zero-order valence-electron chi connectivity index (χ0n) is 16.5. The molecule has 1 atom stereocenters. The lowest BCUT2D eigenvalue weighted by molar-refractivity contribution is 0.0893. The van der Waals surface area contributed by atoms with Crippen LogP contribution in [0.4, 0.5) is 4.79 Å². The predicted molar refractivity (Wildman–Crippen MR) is 111 cm³/mol. The van der Waals surface area contributed by atoms with Crippen LogP contribution in [0.2, 0.25) is 0 Å². The molecule has 2 aromatic carbocycles. The van der Waals surface area contributed by atoms with Gasteiger partial charge in [-0.3, -0.25) is 4.90 Å². The molecule has 148 valence electrons. The lowest BCUT2D eigenvalue weighted by Gasteiger charge is -2.41. The number of carbonyl (C=O) groups is 1. The van der Waals surface area contributed by atoms with Crippen LogP contribution in [0.15, 0.2) is 54.6 Å². The van der Waals surface area contributed by atoms with Gasteiger partial charge < -0.3 is 15.0 Å². The molecule has 2 aromatic rings. The first-order valence-electron chi connectivity index (χ1n) is 10.2. The van der Waals surface area contributed by atoms with Gasteiger partial charge in [0, 0.05) is 32.2 Å². The zero-order valence-corrected chi connectivity index (χ0v) is 16.5. The second-order valence-corrected chi connectivity index (χ2v) is 7.68. The molecule has 1 saturated heterocycles. The Hall–Kier alpha value is -2.53. The second-order valence-electron chi connectivity index (χ2n) is 7.68. The summed E-state index contributed by atoms with van der Waals surface area (Å²) in [5, 5.41) is 3.13. The number of carbonyl (C=O) groups excluding carboxylic acids is 1. The van der Waals surface area contributed by atoms with E-state index in [1.807, 2.05) is 35.2 Å². The van der Waals surface area contributed by atoms with E-state index in [9.17, 15) is 4.79 Å². The monoisotopic (exact) mass is 379 g/mol. The number of ether oxygens (including phenoxy) is 1. The number of amides is 2. The minimum atomic E-state index is 0.0396. The number of urea groups is 1. The van der Waals surface area contributed by atoms with Crippen molar-refractivity contribution in [3.8, 4) is 5.75 Å². The van der Waals surface area contributed by atoms with Gasteiger partial charge in [0.05, 0.1) is 13.2 Å². The van der Waals surface area contributed by atoms with Gasteiger partial charge in [-0.2, -0.15) is 0 Å². The van der Waals surface area contributed by atoms with E-state index in [2.05, 4.69) is 34.5 Å². The fourth-order valence-corrected chi connectivity index (χ4v) is 3.99. The highest BCUT2D eigenvalue weighted by molar-refractivity contribution is 5.75. The fourth-order valence-electron chi connectivity index (χ4n) is 3.99. The van der Waals surface area contributed by atoms with Crippen LogP contribution in [0.25, 0.3) is 0 Å². The van der Waals surface area contributed by atoms with E-state index < -0.39 is 0 Å². The lowest BCUT2D eigenvalue weighted by Crippen LogP contribution is -2.54.